The zero-order chi connectivity index (χ0) is 11.9. The zero-order valence-electron chi connectivity index (χ0n) is 10.4. The second-order valence-electron chi connectivity index (χ2n) is 5.20. The lowest BCUT2D eigenvalue weighted by Crippen LogP contribution is -2.27. The molecule has 1 aliphatic heterocycles. The van der Waals surface area contributed by atoms with Gasteiger partial charge in [0, 0.05) is 11.1 Å². The fourth-order valence-corrected chi connectivity index (χ4v) is 2.26. The van der Waals surface area contributed by atoms with Gasteiger partial charge in [-0.2, -0.15) is 0 Å². The quantitative estimate of drug-likeness (QED) is 0.676. The predicted octanol–water partition coefficient (Wildman–Crippen LogP) is 3.26. The Morgan fingerprint density at radius 2 is 2.06 bits per heavy atom. The average molecular weight is 218 g/mol. The van der Waals surface area contributed by atoms with Crippen LogP contribution >= 0.6 is 0 Å². The van der Waals surface area contributed by atoms with E-state index in [2.05, 4.69) is 13.8 Å². The van der Waals surface area contributed by atoms with Crippen molar-refractivity contribution in [2.45, 2.75) is 39.5 Å². The van der Waals surface area contributed by atoms with Gasteiger partial charge in [0.15, 0.2) is 5.78 Å². The van der Waals surface area contributed by atoms with E-state index in [1.807, 2.05) is 19.1 Å². The summed E-state index contributed by atoms with van der Waals surface area (Å²) in [5, 5.41) is 0. The number of ether oxygens (including phenoxy) is 1. The van der Waals surface area contributed by atoms with Crippen LogP contribution in [-0.2, 0) is 5.41 Å². The van der Waals surface area contributed by atoms with Crippen molar-refractivity contribution in [2.24, 2.45) is 0 Å². The number of rotatable bonds is 1. The molecule has 0 amide bonds. The molecule has 1 aliphatic rings. The summed E-state index contributed by atoms with van der Waals surface area (Å²) in [6, 6.07) is 4.00. The van der Waals surface area contributed by atoms with Gasteiger partial charge in [0.1, 0.15) is 5.75 Å². The van der Waals surface area contributed by atoms with Gasteiger partial charge in [-0.1, -0.05) is 13.8 Å². The van der Waals surface area contributed by atoms with Gasteiger partial charge < -0.3 is 4.74 Å². The van der Waals surface area contributed by atoms with Crippen LogP contribution in [0.3, 0.4) is 0 Å². The second kappa shape index (κ2) is 3.62. The molecule has 2 heteroatoms. The third kappa shape index (κ3) is 1.73. The molecule has 0 radical (unpaired) electrons. The Balaban J connectivity index is 2.62. The Bertz CT molecular complexity index is 444. The van der Waals surface area contributed by atoms with Crippen molar-refractivity contribution in [1.82, 2.24) is 0 Å². The average Bonchev–Trinajstić information content (AvgIpc) is 2.15. The standard InChI is InChI=1S/C14H18O2/c1-9-7-13-12(8-11(9)10(2)15)14(3,4)5-6-16-13/h7-8H,5-6H2,1-4H3. The highest BCUT2D eigenvalue weighted by Crippen LogP contribution is 2.39. The van der Waals surface area contributed by atoms with Gasteiger partial charge in [0.05, 0.1) is 6.61 Å². The fraction of sp³-hybridized carbons (Fsp3) is 0.500. The van der Waals surface area contributed by atoms with Gasteiger partial charge in [-0.25, -0.2) is 0 Å². The SMILES string of the molecule is CC(=O)c1cc2c(cc1C)OCCC2(C)C. The summed E-state index contributed by atoms with van der Waals surface area (Å²) in [4.78, 5) is 11.5. The number of ketones is 1. The van der Waals surface area contributed by atoms with E-state index in [-0.39, 0.29) is 11.2 Å². The fourth-order valence-electron chi connectivity index (χ4n) is 2.26. The predicted molar refractivity (Wildman–Crippen MR) is 64.3 cm³/mol. The zero-order valence-corrected chi connectivity index (χ0v) is 10.4. The molecule has 0 saturated heterocycles. The Morgan fingerprint density at radius 3 is 2.69 bits per heavy atom. The highest BCUT2D eigenvalue weighted by atomic mass is 16.5. The molecule has 0 spiro atoms. The maximum Gasteiger partial charge on any atom is 0.160 e. The number of benzene rings is 1. The van der Waals surface area contributed by atoms with Crippen molar-refractivity contribution in [1.29, 1.82) is 0 Å². The van der Waals surface area contributed by atoms with E-state index in [4.69, 9.17) is 4.74 Å². The molecule has 0 aliphatic carbocycles. The Hall–Kier alpha value is -1.31. The molecule has 86 valence electrons. The molecule has 1 aromatic rings. The summed E-state index contributed by atoms with van der Waals surface area (Å²) >= 11 is 0. The lowest BCUT2D eigenvalue weighted by molar-refractivity contribution is 0.101. The molecule has 0 bridgehead atoms. The Labute approximate surface area is 96.6 Å². The summed E-state index contributed by atoms with van der Waals surface area (Å²) in [6.07, 6.45) is 1.00. The smallest absolute Gasteiger partial charge is 0.160 e. The molecule has 2 nitrogen and oxygen atoms in total. The van der Waals surface area contributed by atoms with Crippen molar-refractivity contribution in [3.05, 3.63) is 28.8 Å². The first-order valence-corrected chi connectivity index (χ1v) is 5.71. The number of carbonyl (C=O) groups excluding carboxylic acids is 1. The van der Waals surface area contributed by atoms with Crippen molar-refractivity contribution in [2.75, 3.05) is 6.61 Å². The normalized spacial score (nSPS) is 17.5. The van der Waals surface area contributed by atoms with Crippen molar-refractivity contribution < 1.29 is 9.53 Å². The lowest BCUT2D eigenvalue weighted by atomic mass is 9.78. The van der Waals surface area contributed by atoms with Crippen LogP contribution in [-0.4, -0.2) is 12.4 Å². The molecule has 0 aromatic heterocycles. The van der Waals surface area contributed by atoms with Crippen molar-refractivity contribution in [3.63, 3.8) is 0 Å². The Morgan fingerprint density at radius 1 is 1.38 bits per heavy atom. The number of fused-ring (bicyclic) bond motifs is 1. The molecule has 0 atom stereocenters. The van der Waals surface area contributed by atoms with E-state index in [1.54, 1.807) is 6.92 Å². The topological polar surface area (TPSA) is 26.3 Å². The van der Waals surface area contributed by atoms with Crippen LogP contribution in [0.1, 0.15) is 48.7 Å². The van der Waals surface area contributed by atoms with E-state index in [1.165, 1.54) is 0 Å². The lowest BCUT2D eigenvalue weighted by Gasteiger charge is -2.33. The number of hydrogen-bond donors (Lipinski definition) is 0. The summed E-state index contributed by atoms with van der Waals surface area (Å²) in [7, 11) is 0. The molecule has 1 aromatic carbocycles. The molecular formula is C14H18O2. The van der Waals surface area contributed by atoms with Gasteiger partial charge >= 0.3 is 0 Å². The van der Waals surface area contributed by atoms with Crippen molar-refractivity contribution >= 4 is 5.78 Å². The minimum absolute atomic E-state index is 0.103. The van der Waals surface area contributed by atoms with E-state index in [0.29, 0.717) is 0 Å². The number of hydrogen-bond acceptors (Lipinski definition) is 2. The van der Waals surface area contributed by atoms with Crippen LogP contribution in [0, 0.1) is 6.92 Å². The summed E-state index contributed by atoms with van der Waals surface area (Å²) in [5.41, 5.74) is 3.08. The number of aryl methyl sites for hydroxylation is 1. The van der Waals surface area contributed by atoms with Gasteiger partial charge in [0.2, 0.25) is 0 Å². The highest BCUT2D eigenvalue weighted by molar-refractivity contribution is 5.96. The van der Waals surface area contributed by atoms with E-state index >= 15 is 0 Å². The first-order chi connectivity index (χ1) is 7.42. The molecule has 0 saturated carbocycles. The van der Waals surface area contributed by atoms with Gasteiger partial charge in [0.25, 0.3) is 0 Å². The van der Waals surface area contributed by atoms with E-state index < -0.39 is 0 Å². The molecular weight excluding hydrogens is 200 g/mol. The summed E-state index contributed by atoms with van der Waals surface area (Å²) in [6.45, 7) is 8.74. The van der Waals surface area contributed by atoms with Gasteiger partial charge in [-0.05, 0) is 43.4 Å². The van der Waals surface area contributed by atoms with Crippen LogP contribution in [0.5, 0.6) is 5.75 Å². The highest BCUT2D eigenvalue weighted by Gasteiger charge is 2.29. The largest absolute Gasteiger partial charge is 0.493 e. The molecule has 1 heterocycles. The van der Waals surface area contributed by atoms with Gasteiger partial charge in [-0.15, -0.1) is 0 Å². The summed E-state index contributed by atoms with van der Waals surface area (Å²) < 4.78 is 5.66. The second-order valence-corrected chi connectivity index (χ2v) is 5.20. The third-order valence-corrected chi connectivity index (χ3v) is 3.42. The van der Waals surface area contributed by atoms with Crippen molar-refractivity contribution in [3.8, 4) is 5.75 Å². The molecule has 0 fully saturated rings. The monoisotopic (exact) mass is 218 g/mol. The summed E-state index contributed by atoms with van der Waals surface area (Å²) in [5.74, 6) is 1.07. The van der Waals surface area contributed by atoms with Crippen LogP contribution in [0.4, 0.5) is 0 Å². The number of carbonyl (C=O) groups is 1. The molecule has 2 rings (SSSR count). The van der Waals surface area contributed by atoms with E-state index in [9.17, 15) is 4.79 Å². The van der Waals surface area contributed by atoms with Crippen LogP contribution in [0.25, 0.3) is 0 Å². The van der Waals surface area contributed by atoms with Crippen LogP contribution in [0.2, 0.25) is 0 Å². The third-order valence-electron chi connectivity index (χ3n) is 3.42. The Kier molecular flexibility index (Phi) is 2.53. The van der Waals surface area contributed by atoms with Crippen LogP contribution < -0.4 is 4.74 Å². The molecule has 16 heavy (non-hydrogen) atoms. The maximum absolute atomic E-state index is 11.5. The van der Waals surface area contributed by atoms with E-state index in [0.717, 1.165) is 35.5 Å². The first kappa shape index (κ1) is 11.2. The first-order valence-electron chi connectivity index (χ1n) is 5.71. The number of Topliss-reactive ketones (excluding diaryl/α,β-unsaturated/α-hetero) is 1. The molecule has 0 unspecified atom stereocenters. The van der Waals surface area contributed by atoms with Crippen LogP contribution in [0.15, 0.2) is 12.1 Å². The van der Waals surface area contributed by atoms with Gasteiger partial charge in [-0.3, -0.25) is 4.79 Å². The molecule has 0 N–H and O–H groups in total. The maximum atomic E-state index is 11.5. The minimum Gasteiger partial charge on any atom is -0.493 e. The minimum atomic E-state index is 0.103.